The van der Waals surface area contributed by atoms with E-state index in [1.807, 2.05) is 25.2 Å². The van der Waals surface area contributed by atoms with Gasteiger partial charge < -0.3 is 5.32 Å². The van der Waals surface area contributed by atoms with Gasteiger partial charge in [-0.15, -0.1) is 0 Å². The standard InChI is InChI=1S/C13H19Cl2N/c1-9(2)4-7-13(16-3)10-5-6-11(14)12(15)8-10/h5-6,8-9,13,16H,4,7H2,1-3H3. The van der Waals surface area contributed by atoms with Crippen LogP contribution >= 0.6 is 23.2 Å². The zero-order chi connectivity index (χ0) is 12.1. The molecule has 1 N–H and O–H groups in total. The zero-order valence-corrected chi connectivity index (χ0v) is 11.6. The molecule has 0 aromatic heterocycles. The van der Waals surface area contributed by atoms with E-state index in [1.54, 1.807) is 0 Å². The molecule has 16 heavy (non-hydrogen) atoms. The molecule has 90 valence electrons. The Labute approximate surface area is 108 Å². The number of rotatable bonds is 5. The van der Waals surface area contributed by atoms with E-state index < -0.39 is 0 Å². The molecule has 0 spiro atoms. The van der Waals surface area contributed by atoms with Gasteiger partial charge in [0, 0.05) is 6.04 Å². The van der Waals surface area contributed by atoms with Crippen LogP contribution in [-0.4, -0.2) is 7.05 Å². The first-order valence-electron chi connectivity index (χ1n) is 5.66. The van der Waals surface area contributed by atoms with Crippen molar-refractivity contribution in [1.82, 2.24) is 5.32 Å². The second kappa shape index (κ2) is 6.48. The number of hydrogen-bond acceptors (Lipinski definition) is 1. The molecule has 0 aliphatic rings. The van der Waals surface area contributed by atoms with Crippen LogP contribution in [0.4, 0.5) is 0 Å². The normalized spacial score (nSPS) is 13.1. The van der Waals surface area contributed by atoms with Crippen molar-refractivity contribution in [3.63, 3.8) is 0 Å². The average Bonchev–Trinajstić information content (AvgIpc) is 2.23. The van der Waals surface area contributed by atoms with Gasteiger partial charge in [-0.1, -0.05) is 43.1 Å². The molecular weight excluding hydrogens is 241 g/mol. The van der Waals surface area contributed by atoms with Gasteiger partial charge in [0.1, 0.15) is 0 Å². The Morgan fingerprint density at radius 1 is 1.12 bits per heavy atom. The van der Waals surface area contributed by atoms with Crippen molar-refractivity contribution < 1.29 is 0 Å². The van der Waals surface area contributed by atoms with Crippen molar-refractivity contribution in [3.8, 4) is 0 Å². The second-order valence-electron chi connectivity index (χ2n) is 4.49. The molecule has 1 unspecified atom stereocenters. The summed E-state index contributed by atoms with van der Waals surface area (Å²) in [6, 6.07) is 6.21. The maximum absolute atomic E-state index is 6.02. The fraction of sp³-hybridized carbons (Fsp3) is 0.538. The van der Waals surface area contributed by atoms with E-state index in [1.165, 1.54) is 12.0 Å². The van der Waals surface area contributed by atoms with Crippen molar-refractivity contribution >= 4 is 23.2 Å². The monoisotopic (exact) mass is 259 g/mol. The van der Waals surface area contributed by atoms with Crippen LogP contribution in [0.1, 0.15) is 38.3 Å². The van der Waals surface area contributed by atoms with Gasteiger partial charge in [-0.25, -0.2) is 0 Å². The minimum absolute atomic E-state index is 0.358. The summed E-state index contributed by atoms with van der Waals surface area (Å²) in [7, 11) is 1.98. The van der Waals surface area contributed by atoms with Crippen molar-refractivity contribution in [1.29, 1.82) is 0 Å². The first kappa shape index (κ1) is 13.8. The minimum atomic E-state index is 0.358. The van der Waals surface area contributed by atoms with E-state index in [4.69, 9.17) is 23.2 Å². The summed E-state index contributed by atoms with van der Waals surface area (Å²) in [5, 5.41) is 4.56. The lowest BCUT2D eigenvalue weighted by Crippen LogP contribution is -2.16. The highest BCUT2D eigenvalue weighted by Gasteiger charge is 2.11. The van der Waals surface area contributed by atoms with Crippen molar-refractivity contribution in [2.45, 2.75) is 32.7 Å². The molecule has 1 nitrogen and oxygen atoms in total. The number of benzene rings is 1. The summed E-state index contributed by atoms with van der Waals surface area (Å²) in [4.78, 5) is 0. The Balaban J connectivity index is 2.74. The zero-order valence-electron chi connectivity index (χ0n) is 10.1. The molecule has 0 saturated carbocycles. The summed E-state index contributed by atoms with van der Waals surface area (Å²) < 4.78 is 0. The van der Waals surface area contributed by atoms with Crippen LogP contribution in [0.5, 0.6) is 0 Å². The molecule has 0 aliphatic carbocycles. The van der Waals surface area contributed by atoms with Gasteiger partial charge in [-0.05, 0) is 43.5 Å². The second-order valence-corrected chi connectivity index (χ2v) is 5.30. The molecular formula is C13H19Cl2N. The van der Waals surface area contributed by atoms with Gasteiger partial charge >= 0.3 is 0 Å². The molecule has 3 heteroatoms. The number of halogens is 2. The summed E-state index contributed by atoms with van der Waals surface area (Å²) in [6.07, 6.45) is 2.32. The van der Waals surface area contributed by atoms with Crippen LogP contribution in [0.2, 0.25) is 10.0 Å². The van der Waals surface area contributed by atoms with Crippen LogP contribution in [0.15, 0.2) is 18.2 Å². The Morgan fingerprint density at radius 3 is 2.31 bits per heavy atom. The fourth-order valence-corrected chi connectivity index (χ4v) is 2.01. The smallest absolute Gasteiger partial charge is 0.0595 e. The predicted molar refractivity (Wildman–Crippen MR) is 72.3 cm³/mol. The highest BCUT2D eigenvalue weighted by Crippen LogP contribution is 2.28. The SMILES string of the molecule is CNC(CCC(C)C)c1ccc(Cl)c(Cl)c1. The largest absolute Gasteiger partial charge is 0.313 e. The Bertz CT molecular complexity index is 337. The van der Waals surface area contributed by atoms with E-state index in [0.29, 0.717) is 16.1 Å². The topological polar surface area (TPSA) is 12.0 Å². The van der Waals surface area contributed by atoms with Gasteiger partial charge in [0.15, 0.2) is 0 Å². The summed E-state index contributed by atoms with van der Waals surface area (Å²) in [6.45, 7) is 4.48. The first-order chi connectivity index (χ1) is 7.54. The van der Waals surface area contributed by atoms with Crippen molar-refractivity contribution in [2.24, 2.45) is 5.92 Å². The highest BCUT2D eigenvalue weighted by molar-refractivity contribution is 6.42. The lowest BCUT2D eigenvalue weighted by Gasteiger charge is -2.18. The summed E-state index contributed by atoms with van der Waals surface area (Å²) in [5.74, 6) is 0.721. The van der Waals surface area contributed by atoms with Crippen LogP contribution in [-0.2, 0) is 0 Å². The molecule has 0 radical (unpaired) electrons. The third-order valence-electron chi connectivity index (χ3n) is 2.73. The van der Waals surface area contributed by atoms with E-state index in [2.05, 4.69) is 19.2 Å². The van der Waals surface area contributed by atoms with E-state index in [-0.39, 0.29) is 0 Å². The first-order valence-corrected chi connectivity index (χ1v) is 6.42. The highest BCUT2D eigenvalue weighted by atomic mass is 35.5. The molecule has 1 atom stereocenters. The summed E-state index contributed by atoms with van der Waals surface area (Å²) in [5.41, 5.74) is 1.21. The molecule has 0 aliphatic heterocycles. The van der Waals surface area contributed by atoms with Gasteiger partial charge in [-0.2, -0.15) is 0 Å². The number of nitrogens with one attached hydrogen (secondary N) is 1. The molecule has 1 rings (SSSR count). The Morgan fingerprint density at radius 2 is 1.81 bits per heavy atom. The maximum Gasteiger partial charge on any atom is 0.0595 e. The van der Waals surface area contributed by atoms with E-state index in [0.717, 1.165) is 12.3 Å². The third-order valence-corrected chi connectivity index (χ3v) is 3.47. The Kier molecular flexibility index (Phi) is 5.60. The van der Waals surface area contributed by atoms with E-state index in [9.17, 15) is 0 Å². The minimum Gasteiger partial charge on any atom is -0.313 e. The van der Waals surface area contributed by atoms with Crippen molar-refractivity contribution in [2.75, 3.05) is 7.05 Å². The van der Waals surface area contributed by atoms with Gasteiger partial charge in [0.05, 0.1) is 10.0 Å². The lowest BCUT2D eigenvalue weighted by atomic mass is 9.98. The van der Waals surface area contributed by atoms with Crippen LogP contribution < -0.4 is 5.32 Å². The van der Waals surface area contributed by atoms with Crippen molar-refractivity contribution in [3.05, 3.63) is 33.8 Å². The fourth-order valence-electron chi connectivity index (χ4n) is 1.71. The molecule has 1 aromatic carbocycles. The molecule has 0 heterocycles. The van der Waals surface area contributed by atoms with Crippen LogP contribution in [0.25, 0.3) is 0 Å². The maximum atomic E-state index is 6.02. The molecule has 0 fully saturated rings. The molecule has 0 amide bonds. The van der Waals surface area contributed by atoms with Crippen LogP contribution in [0.3, 0.4) is 0 Å². The predicted octanol–water partition coefficient (Wildman–Crippen LogP) is 4.69. The molecule has 1 aromatic rings. The number of hydrogen-bond donors (Lipinski definition) is 1. The van der Waals surface area contributed by atoms with Gasteiger partial charge in [-0.3, -0.25) is 0 Å². The molecule has 0 bridgehead atoms. The summed E-state index contributed by atoms with van der Waals surface area (Å²) >= 11 is 11.9. The quantitative estimate of drug-likeness (QED) is 0.809. The third kappa shape index (κ3) is 3.97. The van der Waals surface area contributed by atoms with E-state index >= 15 is 0 Å². The molecule has 0 saturated heterocycles. The van der Waals surface area contributed by atoms with Gasteiger partial charge in [0.2, 0.25) is 0 Å². The van der Waals surface area contributed by atoms with Crippen LogP contribution in [0, 0.1) is 5.92 Å². The average molecular weight is 260 g/mol. The van der Waals surface area contributed by atoms with Gasteiger partial charge in [0.25, 0.3) is 0 Å². The lowest BCUT2D eigenvalue weighted by molar-refractivity contribution is 0.465. The Hall–Kier alpha value is -0.240.